The second-order valence-corrected chi connectivity index (χ2v) is 7.37. The Kier molecular flexibility index (Phi) is 6.11. The van der Waals surface area contributed by atoms with Crippen LogP contribution >= 0.6 is 0 Å². The van der Waals surface area contributed by atoms with Crippen LogP contribution in [0.15, 0.2) is 42.5 Å². The van der Waals surface area contributed by atoms with Crippen LogP contribution in [0.25, 0.3) is 0 Å². The topological polar surface area (TPSA) is 121 Å². The first kappa shape index (κ1) is 22.0. The molecule has 0 saturated carbocycles. The smallest absolute Gasteiger partial charge is 0.305 e. The van der Waals surface area contributed by atoms with Crippen LogP contribution in [-0.4, -0.2) is 62.8 Å². The van der Waals surface area contributed by atoms with Crippen molar-refractivity contribution in [1.82, 2.24) is 9.80 Å². The number of nitrogens with zero attached hydrogens (tertiary/aromatic N) is 3. The minimum Gasteiger partial charge on any atom is -0.389 e. The molecule has 0 spiro atoms. The van der Waals surface area contributed by atoms with E-state index in [0.717, 1.165) is 21.9 Å². The molecule has 1 atom stereocenters. The van der Waals surface area contributed by atoms with E-state index in [1.54, 1.807) is 26.0 Å². The maximum Gasteiger partial charge on any atom is 0.305 e. The van der Waals surface area contributed by atoms with Gasteiger partial charge in [0.25, 0.3) is 17.7 Å². The Morgan fingerprint density at radius 3 is 2.23 bits per heavy atom. The molecule has 0 aromatic heterocycles. The van der Waals surface area contributed by atoms with Crippen molar-refractivity contribution >= 4 is 23.4 Å². The van der Waals surface area contributed by atoms with Gasteiger partial charge in [-0.3, -0.25) is 29.4 Å². The fourth-order valence-corrected chi connectivity index (χ4v) is 3.41. The van der Waals surface area contributed by atoms with Crippen molar-refractivity contribution in [1.29, 1.82) is 0 Å². The lowest BCUT2D eigenvalue weighted by Crippen LogP contribution is -2.47. The zero-order chi connectivity index (χ0) is 22.9. The number of hydrogen-bond acceptors (Lipinski definition) is 6. The third-order valence-electron chi connectivity index (χ3n) is 4.97. The molecule has 1 aliphatic heterocycles. The Bertz CT molecular complexity index is 1040. The van der Waals surface area contributed by atoms with Gasteiger partial charge in [0.1, 0.15) is 0 Å². The Morgan fingerprint density at radius 1 is 1.13 bits per heavy atom. The number of nitro benzene ring substituents is 1. The zero-order valence-corrected chi connectivity index (χ0v) is 16.8. The second-order valence-electron chi connectivity index (χ2n) is 7.37. The maximum atomic E-state index is 14.5. The van der Waals surface area contributed by atoms with E-state index in [2.05, 4.69) is 0 Å². The first-order chi connectivity index (χ1) is 14.6. The summed E-state index contributed by atoms with van der Waals surface area (Å²) >= 11 is 0. The number of aliphatic hydroxyl groups excluding tert-OH is 1. The van der Waals surface area contributed by atoms with Crippen molar-refractivity contribution in [3.8, 4) is 0 Å². The molecule has 2 aromatic carbocycles. The number of amides is 3. The third-order valence-corrected chi connectivity index (χ3v) is 4.97. The lowest BCUT2D eigenvalue weighted by Gasteiger charge is -2.30. The van der Waals surface area contributed by atoms with Crippen LogP contribution in [0.4, 0.5) is 10.1 Å². The summed E-state index contributed by atoms with van der Waals surface area (Å²) in [7, 11) is 0. The number of benzene rings is 2. The average molecular weight is 429 g/mol. The third kappa shape index (κ3) is 4.15. The van der Waals surface area contributed by atoms with E-state index in [-0.39, 0.29) is 24.2 Å². The van der Waals surface area contributed by atoms with Crippen LogP contribution in [0, 0.1) is 15.9 Å². The first-order valence-corrected chi connectivity index (χ1v) is 9.50. The summed E-state index contributed by atoms with van der Waals surface area (Å²) in [5.74, 6) is -3.21. The van der Waals surface area contributed by atoms with Crippen molar-refractivity contribution in [3.63, 3.8) is 0 Å². The van der Waals surface area contributed by atoms with Gasteiger partial charge in [0.15, 0.2) is 0 Å². The summed E-state index contributed by atoms with van der Waals surface area (Å²) in [6, 6.07) is 9.03. The summed E-state index contributed by atoms with van der Waals surface area (Å²) in [6.45, 7) is 2.58. The molecule has 0 bridgehead atoms. The van der Waals surface area contributed by atoms with Crippen LogP contribution in [0.5, 0.6) is 0 Å². The zero-order valence-electron chi connectivity index (χ0n) is 16.8. The van der Waals surface area contributed by atoms with E-state index >= 15 is 0 Å². The predicted molar refractivity (Wildman–Crippen MR) is 107 cm³/mol. The minimum atomic E-state index is -1.31. The van der Waals surface area contributed by atoms with Crippen molar-refractivity contribution in [3.05, 3.63) is 75.1 Å². The molecule has 1 aliphatic rings. The fraction of sp³-hybridized carbons (Fsp3) is 0.286. The van der Waals surface area contributed by atoms with Crippen LogP contribution in [-0.2, 0) is 0 Å². The highest BCUT2D eigenvalue weighted by Crippen LogP contribution is 2.24. The van der Waals surface area contributed by atoms with Crippen LogP contribution in [0.1, 0.15) is 44.9 Å². The number of nitro groups is 1. The van der Waals surface area contributed by atoms with Gasteiger partial charge in [-0.2, -0.15) is 4.39 Å². The highest BCUT2D eigenvalue weighted by molar-refractivity contribution is 6.21. The van der Waals surface area contributed by atoms with Gasteiger partial charge in [0.2, 0.25) is 5.82 Å². The van der Waals surface area contributed by atoms with E-state index in [1.165, 1.54) is 18.2 Å². The number of imide groups is 1. The van der Waals surface area contributed by atoms with Crippen LogP contribution in [0.3, 0.4) is 0 Å². The molecule has 0 aliphatic carbocycles. The monoisotopic (exact) mass is 429 g/mol. The Labute approximate surface area is 176 Å². The van der Waals surface area contributed by atoms with Gasteiger partial charge in [0.05, 0.1) is 34.3 Å². The molecular formula is C21H20FN3O6. The molecule has 31 heavy (non-hydrogen) atoms. The molecule has 0 radical (unpaired) electrons. The van der Waals surface area contributed by atoms with Gasteiger partial charge in [-0.15, -0.1) is 0 Å². The van der Waals surface area contributed by atoms with Gasteiger partial charge >= 0.3 is 5.69 Å². The van der Waals surface area contributed by atoms with Crippen LogP contribution < -0.4 is 0 Å². The largest absolute Gasteiger partial charge is 0.389 e. The molecule has 1 unspecified atom stereocenters. The molecule has 3 amide bonds. The molecule has 2 aromatic rings. The lowest BCUT2D eigenvalue weighted by molar-refractivity contribution is -0.387. The average Bonchev–Trinajstić information content (AvgIpc) is 2.96. The maximum absolute atomic E-state index is 14.5. The SMILES string of the molecule is CC(C)N(CC(O)CN1C(=O)c2ccccc2C1=O)C(=O)c1cccc([N+](=O)[O-])c1F. The molecule has 1 heterocycles. The van der Waals surface area contributed by atoms with Crippen molar-refractivity contribution in [2.24, 2.45) is 0 Å². The predicted octanol–water partition coefficient (Wildman–Crippen LogP) is 2.24. The number of carbonyl (C=O) groups excluding carboxylic acids is 3. The summed E-state index contributed by atoms with van der Waals surface area (Å²) < 4.78 is 14.5. The standard InChI is InChI=1S/C21H20FN3O6/c1-12(2)23(21(29)16-8-5-9-17(18(16)22)25(30)31)10-13(26)11-24-19(27)14-6-3-4-7-15(14)20(24)28/h3-9,12-13,26H,10-11H2,1-2H3. The normalized spacial score (nSPS) is 14.0. The Hall–Kier alpha value is -3.66. The molecule has 0 fully saturated rings. The van der Waals surface area contributed by atoms with Gasteiger partial charge in [-0.1, -0.05) is 18.2 Å². The Balaban J connectivity index is 1.78. The molecule has 0 saturated heterocycles. The molecule has 162 valence electrons. The van der Waals surface area contributed by atoms with E-state index in [1.807, 2.05) is 0 Å². The second kappa shape index (κ2) is 8.60. The van der Waals surface area contributed by atoms with Crippen molar-refractivity contribution < 1.29 is 28.8 Å². The lowest BCUT2D eigenvalue weighted by atomic mass is 10.1. The summed E-state index contributed by atoms with van der Waals surface area (Å²) in [6.07, 6.45) is -1.31. The number of β-amino-alcohol motifs (C(OH)–C–C–N with tert-alkyl or cyclic N) is 1. The number of fused-ring (bicyclic) bond motifs is 1. The molecule has 9 nitrogen and oxygen atoms in total. The number of rotatable bonds is 7. The van der Waals surface area contributed by atoms with E-state index in [0.29, 0.717) is 0 Å². The molecule has 3 rings (SSSR count). The molecule has 1 N–H and O–H groups in total. The van der Waals surface area contributed by atoms with E-state index in [4.69, 9.17) is 0 Å². The van der Waals surface area contributed by atoms with Crippen molar-refractivity contribution in [2.45, 2.75) is 26.0 Å². The summed E-state index contributed by atoms with van der Waals surface area (Å²) in [4.78, 5) is 49.8. The minimum absolute atomic E-state index is 0.232. The van der Waals surface area contributed by atoms with Gasteiger partial charge in [-0.25, -0.2) is 0 Å². The fourth-order valence-electron chi connectivity index (χ4n) is 3.41. The molecular weight excluding hydrogens is 409 g/mol. The summed E-state index contributed by atoms with van der Waals surface area (Å²) in [5, 5.41) is 21.5. The Morgan fingerprint density at radius 2 is 1.71 bits per heavy atom. The van der Waals surface area contributed by atoms with Gasteiger partial charge < -0.3 is 10.0 Å². The highest BCUT2D eigenvalue weighted by Gasteiger charge is 2.37. The quantitative estimate of drug-likeness (QED) is 0.409. The van der Waals surface area contributed by atoms with E-state index < -0.39 is 51.9 Å². The summed E-state index contributed by atoms with van der Waals surface area (Å²) in [5.41, 5.74) is -0.873. The molecule has 10 heteroatoms. The van der Waals surface area contributed by atoms with Crippen molar-refractivity contribution in [2.75, 3.05) is 13.1 Å². The number of carbonyl (C=O) groups is 3. The highest BCUT2D eigenvalue weighted by atomic mass is 19.1. The number of hydrogen-bond donors (Lipinski definition) is 1. The van der Waals surface area contributed by atoms with Gasteiger partial charge in [-0.05, 0) is 32.0 Å². The number of halogens is 1. The number of aliphatic hydroxyl groups is 1. The van der Waals surface area contributed by atoms with E-state index in [9.17, 15) is 34.0 Å². The van der Waals surface area contributed by atoms with Crippen LogP contribution in [0.2, 0.25) is 0 Å². The first-order valence-electron chi connectivity index (χ1n) is 9.50. The van der Waals surface area contributed by atoms with Gasteiger partial charge in [0, 0.05) is 18.7 Å².